The summed E-state index contributed by atoms with van der Waals surface area (Å²) in [7, 11) is 0. The van der Waals surface area contributed by atoms with Crippen LogP contribution < -0.4 is 10.6 Å². The van der Waals surface area contributed by atoms with E-state index in [1.807, 2.05) is 60.7 Å². The molecule has 0 aliphatic carbocycles. The molecule has 6 aromatic rings. The molecule has 6 aromatic carbocycles. The summed E-state index contributed by atoms with van der Waals surface area (Å²) in [4.78, 5) is 22.0. The van der Waals surface area contributed by atoms with E-state index in [4.69, 9.17) is 10.2 Å². The van der Waals surface area contributed by atoms with Gasteiger partial charge in [0.2, 0.25) is 0 Å². The molecule has 0 bridgehead atoms. The van der Waals surface area contributed by atoms with Crippen molar-refractivity contribution in [1.82, 2.24) is 0 Å². The molecule has 0 aromatic heterocycles. The number of hydrogen-bond acceptors (Lipinski definition) is 4. The number of carboxylic acid groups (broad SMARTS) is 2. The Hall–Kier alpha value is -5.10. The average molecular weight is 531 g/mol. The van der Waals surface area contributed by atoms with E-state index in [1.165, 1.54) is 21.5 Å². The maximum atomic E-state index is 11.0. The van der Waals surface area contributed by atoms with Gasteiger partial charge < -0.3 is 20.8 Å². The summed E-state index contributed by atoms with van der Waals surface area (Å²) in [6.07, 6.45) is 0. The Morgan fingerprint density at radius 2 is 0.850 bits per heavy atom. The highest BCUT2D eigenvalue weighted by molar-refractivity contribution is 6.12. The number of anilines is 2. The van der Waals surface area contributed by atoms with E-state index < -0.39 is 24.0 Å². The summed E-state index contributed by atoms with van der Waals surface area (Å²) in [5.74, 6) is -1.72. The van der Waals surface area contributed by atoms with Crippen molar-refractivity contribution in [2.45, 2.75) is 25.9 Å². The van der Waals surface area contributed by atoms with Crippen molar-refractivity contribution in [3.8, 4) is 0 Å². The van der Waals surface area contributed by atoms with Crippen LogP contribution in [-0.4, -0.2) is 34.2 Å². The number of aliphatic carboxylic acids is 2. The van der Waals surface area contributed by atoms with Gasteiger partial charge in [0, 0.05) is 22.1 Å². The highest BCUT2D eigenvalue weighted by Gasteiger charge is 2.13. The van der Waals surface area contributed by atoms with E-state index in [2.05, 4.69) is 59.2 Å². The first-order valence-corrected chi connectivity index (χ1v) is 13.1. The third-order valence-electron chi connectivity index (χ3n) is 7.06. The molecule has 2 atom stereocenters. The molecule has 6 rings (SSSR count). The molecule has 0 radical (unpaired) electrons. The van der Waals surface area contributed by atoms with E-state index >= 15 is 0 Å². The fourth-order valence-electron chi connectivity index (χ4n) is 4.92. The van der Waals surface area contributed by atoms with Crippen molar-refractivity contribution in [3.05, 3.63) is 109 Å². The first-order valence-electron chi connectivity index (χ1n) is 13.1. The molecule has 0 saturated carbocycles. The van der Waals surface area contributed by atoms with Crippen LogP contribution in [0.5, 0.6) is 0 Å². The van der Waals surface area contributed by atoms with Crippen LogP contribution in [0.2, 0.25) is 0 Å². The quantitative estimate of drug-likeness (QED) is 0.164. The number of benzene rings is 6. The summed E-state index contributed by atoms with van der Waals surface area (Å²) in [5, 5.41) is 33.2. The van der Waals surface area contributed by atoms with Crippen LogP contribution in [0.4, 0.5) is 11.4 Å². The van der Waals surface area contributed by atoms with Crippen molar-refractivity contribution in [2.75, 3.05) is 10.6 Å². The van der Waals surface area contributed by atoms with Gasteiger partial charge in [-0.25, -0.2) is 0 Å². The number of hydrogen-bond donors (Lipinski definition) is 4. The number of carbonyl (C=O) groups is 2. The Morgan fingerprint density at radius 3 is 1.25 bits per heavy atom. The third-order valence-corrected chi connectivity index (χ3v) is 7.06. The van der Waals surface area contributed by atoms with Crippen LogP contribution >= 0.6 is 0 Å². The summed E-state index contributed by atoms with van der Waals surface area (Å²) >= 11 is 0. The molecule has 40 heavy (non-hydrogen) atoms. The van der Waals surface area contributed by atoms with Gasteiger partial charge in [-0.1, -0.05) is 97.1 Å². The van der Waals surface area contributed by atoms with Crippen LogP contribution in [0.3, 0.4) is 0 Å². The molecule has 0 spiro atoms. The number of fused-ring (bicyclic) bond motifs is 6. The van der Waals surface area contributed by atoms with Gasteiger partial charge in [-0.05, 0) is 58.3 Å². The van der Waals surface area contributed by atoms with Crippen molar-refractivity contribution in [2.24, 2.45) is 0 Å². The molecule has 6 heteroatoms. The highest BCUT2D eigenvalue weighted by atomic mass is 16.4. The molecule has 0 fully saturated rings. The zero-order valence-corrected chi connectivity index (χ0v) is 22.3. The zero-order chi connectivity index (χ0) is 28.2. The largest absolute Gasteiger partial charge is 0.480 e. The van der Waals surface area contributed by atoms with Crippen LogP contribution in [0.15, 0.2) is 109 Å². The summed E-state index contributed by atoms with van der Waals surface area (Å²) in [6, 6.07) is 35.2. The fourth-order valence-corrected chi connectivity index (χ4v) is 4.92. The lowest BCUT2D eigenvalue weighted by atomic mass is 10.0. The summed E-state index contributed by atoms with van der Waals surface area (Å²) in [5.41, 5.74) is 1.70. The summed E-state index contributed by atoms with van der Waals surface area (Å²) < 4.78 is 0. The first-order chi connectivity index (χ1) is 19.3. The molecular weight excluding hydrogens is 500 g/mol. The zero-order valence-electron chi connectivity index (χ0n) is 22.3. The minimum absolute atomic E-state index is 0.618. The topological polar surface area (TPSA) is 98.7 Å². The second-order valence-electron chi connectivity index (χ2n) is 9.78. The Kier molecular flexibility index (Phi) is 7.51. The number of nitrogens with one attached hydrogen (secondary N) is 2. The Balaban J connectivity index is 0.000000161. The second kappa shape index (κ2) is 11.3. The Bertz CT molecular complexity index is 1730. The van der Waals surface area contributed by atoms with Crippen LogP contribution in [0.1, 0.15) is 13.8 Å². The molecule has 0 aliphatic rings. The predicted octanol–water partition coefficient (Wildman–Crippen LogP) is 7.76. The lowest BCUT2D eigenvalue weighted by molar-refractivity contribution is -0.138. The van der Waals surface area contributed by atoms with Gasteiger partial charge in [-0.15, -0.1) is 0 Å². The molecule has 0 saturated heterocycles. The van der Waals surface area contributed by atoms with Crippen molar-refractivity contribution < 1.29 is 19.8 Å². The maximum Gasteiger partial charge on any atom is 0.325 e. The third kappa shape index (κ3) is 5.38. The van der Waals surface area contributed by atoms with Gasteiger partial charge in [0.1, 0.15) is 12.1 Å². The Labute approximate surface area is 231 Å². The lowest BCUT2D eigenvalue weighted by Crippen LogP contribution is -2.25. The molecule has 4 N–H and O–H groups in total. The fraction of sp³-hybridized carbons (Fsp3) is 0.118. The van der Waals surface area contributed by atoms with Gasteiger partial charge in [0.05, 0.1) is 0 Å². The molecule has 0 amide bonds. The van der Waals surface area contributed by atoms with Crippen molar-refractivity contribution in [3.63, 3.8) is 0 Å². The Morgan fingerprint density at radius 1 is 0.475 bits per heavy atom. The highest BCUT2D eigenvalue weighted by Crippen LogP contribution is 2.31. The van der Waals surface area contributed by atoms with E-state index in [-0.39, 0.29) is 0 Å². The normalized spacial score (nSPS) is 12.4. The smallest absolute Gasteiger partial charge is 0.325 e. The van der Waals surface area contributed by atoms with Crippen molar-refractivity contribution in [1.29, 1.82) is 0 Å². The molecular formula is C34H30N2O4. The molecule has 0 unspecified atom stereocenters. The minimum atomic E-state index is -0.859. The van der Waals surface area contributed by atoms with Crippen LogP contribution in [0, 0.1) is 0 Å². The second-order valence-corrected chi connectivity index (χ2v) is 9.78. The van der Waals surface area contributed by atoms with E-state index in [9.17, 15) is 9.59 Å². The summed E-state index contributed by atoms with van der Waals surface area (Å²) in [6.45, 7) is 3.28. The standard InChI is InChI=1S/2C17H15NO2/c2*1-11(17(19)20)18-16-8-4-7-14-13-6-3-2-5-12(13)9-10-15(14)16/h2*2-11,18H,1H3,(H,19,20)/t2*11-/m00/s1. The van der Waals surface area contributed by atoms with Crippen LogP contribution in [-0.2, 0) is 9.59 Å². The van der Waals surface area contributed by atoms with Crippen LogP contribution in [0.25, 0.3) is 43.1 Å². The van der Waals surface area contributed by atoms with Gasteiger partial charge >= 0.3 is 11.9 Å². The average Bonchev–Trinajstić information content (AvgIpc) is 2.97. The monoisotopic (exact) mass is 530 g/mol. The van der Waals surface area contributed by atoms with Crippen molar-refractivity contribution >= 4 is 66.4 Å². The first kappa shape index (κ1) is 26.5. The van der Waals surface area contributed by atoms with Gasteiger partial charge in [0.15, 0.2) is 0 Å². The van der Waals surface area contributed by atoms with Gasteiger partial charge in [-0.3, -0.25) is 9.59 Å². The SMILES string of the molecule is C[C@H](Nc1cccc2c1ccc1ccccc12)C(=O)O.C[C@H](Nc1cccc2c1ccc1ccccc12)C(=O)O. The van der Waals surface area contributed by atoms with E-state index in [0.717, 1.165) is 32.9 Å². The number of carboxylic acids is 2. The van der Waals surface area contributed by atoms with E-state index in [1.54, 1.807) is 13.8 Å². The maximum absolute atomic E-state index is 11.0. The predicted molar refractivity (Wildman–Crippen MR) is 164 cm³/mol. The molecule has 200 valence electrons. The van der Waals surface area contributed by atoms with Gasteiger partial charge in [0.25, 0.3) is 0 Å². The molecule has 0 aliphatic heterocycles. The molecule has 6 nitrogen and oxygen atoms in total. The van der Waals surface area contributed by atoms with Gasteiger partial charge in [-0.2, -0.15) is 0 Å². The lowest BCUT2D eigenvalue weighted by Gasteiger charge is -2.14. The number of rotatable bonds is 6. The minimum Gasteiger partial charge on any atom is -0.480 e. The molecule has 0 heterocycles. The van der Waals surface area contributed by atoms with E-state index in [0.29, 0.717) is 0 Å².